The molecule has 0 bridgehead atoms. The van der Waals surface area contributed by atoms with E-state index in [1.165, 1.54) is 23.5 Å². The standard InChI is InChI=1S/C12H11F3N2OS/c1-8(11-6-16-7-19-11)17-9-2-4-10(5-3-9)18-12(13,14)15/h2-8,17H,1H3. The van der Waals surface area contributed by atoms with E-state index in [1.54, 1.807) is 23.8 Å². The molecule has 1 aromatic heterocycles. The first-order chi connectivity index (χ1) is 8.94. The highest BCUT2D eigenvalue weighted by molar-refractivity contribution is 7.09. The maximum atomic E-state index is 12.0. The molecule has 102 valence electrons. The Balaban J connectivity index is 1.99. The van der Waals surface area contributed by atoms with Gasteiger partial charge in [0.05, 0.1) is 11.6 Å². The molecule has 1 atom stereocenters. The van der Waals surface area contributed by atoms with Gasteiger partial charge in [-0.1, -0.05) is 0 Å². The van der Waals surface area contributed by atoms with Crippen LogP contribution in [0.3, 0.4) is 0 Å². The van der Waals surface area contributed by atoms with E-state index in [4.69, 9.17) is 0 Å². The van der Waals surface area contributed by atoms with Crippen LogP contribution in [0.2, 0.25) is 0 Å². The van der Waals surface area contributed by atoms with Crippen LogP contribution >= 0.6 is 11.3 Å². The molecular weight excluding hydrogens is 277 g/mol. The van der Waals surface area contributed by atoms with Crippen molar-refractivity contribution in [1.82, 2.24) is 4.98 Å². The zero-order valence-corrected chi connectivity index (χ0v) is 10.8. The quantitative estimate of drug-likeness (QED) is 0.915. The minimum absolute atomic E-state index is 0.0434. The topological polar surface area (TPSA) is 34.1 Å². The van der Waals surface area contributed by atoms with Gasteiger partial charge in [0.25, 0.3) is 0 Å². The molecule has 1 aromatic carbocycles. The predicted molar refractivity (Wildman–Crippen MR) is 67.3 cm³/mol. The third-order valence-electron chi connectivity index (χ3n) is 2.35. The van der Waals surface area contributed by atoms with E-state index in [0.29, 0.717) is 0 Å². The van der Waals surface area contributed by atoms with Crippen LogP contribution in [0.5, 0.6) is 5.75 Å². The molecule has 19 heavy (non-hydrogen) atoms. The lowest BCUT2D eigenvalue weighted by Crippen LogP contribution is -2.17. The van der Waals surface area contributed by atoms with Crippen LogP contribution in [0.25, 0.3) is 0 Å². The Bertz CT molecular complexity index is 511. The minimum atomic E-state index is -4.66. The van der Waals surface area contributed by atoms with Crippen LogP contribution in [0.15, 0.2) is 36.0 Å². The fraction of sp³-hybridized carbons (Fsp3) is 0.250. The number of ether oxygens (including phenoxy) is 1. The second-order valence-corrected chi connectivity index (χ2v) is 4.76. The second kappa shape index (κ2) is 5.48. The predicted octanol–water partition coefficient (Wildman–Crippen LogP) is 4.21. The summed E-state index contributed by atoms with van der Waals surface area (Å²) in [5.74, 6) is -0.233. The highest BCUT2D eigenvalue weighted by Gasteiger charge is 2.30. The van der Waals surface area contributed by atoms with Crippen LogP contribution in [-0.2, 0) is 0 Å². The number of anilines is 1. The zero-order valence-electron chi connectivity index (χ0n) is 9.94. The van der Waals surface area contributed by atoms with E-state index in [1.807, 2.05) is 6.92 Å². The maximum absolute atomic E-state index is 12.0. The van der Waals surface area contributed by atoms with Crippen LogP contribution in [0.1, 0.15) is 17.8 Å². The molecule has 7 heteroatoms. The smallest absolute Gasteiger partial charge is 0.406 e. The van der Waals surface area contributed by atoms with Crippen molar-refractivity contribution in [2.24, 2.45) is 0 Å². The van der Waals surface area contributed by atoms with E-state index >= 15 is 0 Å². The van der Waals surface area contributed by atoms with E-state index in [-0.39, 0.29) is 11.8 Å². The molecule has 0 aliphatic rings. The molecule has 0 aliphatic heterocycles. The van der Waals surface area contributed by atoms with Gasteiger partial charge in [-0.05, 0) is 31.2 Å². The van der Waals surface area contributed by atoms with Gasteiger partial charge in [0.15, 0.2) is 0 Å². The van der Waals surface area contributed by atoms with E-state index in [2.05, 4.69) is 15.0 Å². The van der Waals surface area contributed by atoms with E-state index in [0.717, 1.165) is 10.6 Å². The van der Waals surface area contributed by atoms with Crippen molar-refractivity contribution < 1.29 is 17.9 Å². The van der Waals surface area contributed by atoms with Gasteiger partial charge < -0.3 is 10.1 Å². The zero-order chi connectivity index (χ0) is 13.9. The number of thiazole rings is 1. The summed E-state index contributed by atoms with van der Waals surface area (Å²) >= 11 is 1.51. The SMILES string of the molecule is CC(Nc1ccc(OC(F)(F)F)cc1)c1cncs1. The lowest BCUT2D eigenvalue weighted by Gasteiger charge is -2.14. The summed E-state index contributed by atoms with van der Waals surface area (Å²) in [6.45, 7) is 1.95. The average Bonchev–Trinajstić information content (AvgIpc) is 2.83. The van der Waals surface area contributed by atoms with Crippen LogP contribution in [0.4, 0.5) is 18.9 Å². The number of rotatable bonds is 4. The van der Waals surface area contributed by atoms with Crippen molar-refractivity contribution in [1.29, 1.82) is 0 Å². The van der Waals surface area contributed by atoms with Crippen molar-refractivity contribution in [3.8, 4) is 5.75 Å². The van der Waals surface area contributed by atoms with Gasteiger partial charge >= 0.3 is 6.36 Å². The number of alkyl halides is 3. The fourth-order valence-electron chi connectivity index (χ4n) is 1.51. The van der Waals surface area contributed by atoms with E-state index in [9.17, 15) is 13.2 Å². The van der Waals surface area contributed by atoms with Gasteiger partial charge in [-0.3, -0.25) is 4.98 Å². The summed E-state index contributed by atoms with van der Waals surface area (Å²) in [5.41, 5.74) is 2.45. The van der Waals surface area contributed by atoms with Crippen LogP contribution < -0.4 is 10.1 Å². The van der Waals surface area contributed by atoms with Crippen molar-refractivity contribution >= 4 is 17.0 Å². The first-order valence-electron chi connectivity index (χ1n) is 5.45. The van der Waals surface area contributed by atoms with Crippen LogP contribution in [-0.4, -0.2) is 11.3 Å². The fourth-order valence-corrected chi connectivity index (χ4v) is 2.14. The van der Waals surface area contributed by atoms with Gasteiger partial charge in [0, 0.05) is 16.8 Å². The first-order valence-corrected chi connectivity index (χ1v) is 6.33. The summed E-state index contributed by atoms with van der Waals surface area (Å²) in [6.07, 6.45) is -2.91. The summed E-state index contributed by atoms with van der Waals surface area (Å²) in [4.78, 5) is 5.02. The second-order valence-electron chi connectivity index (χ2n) is 3.84. The average molecular weight is 288 g/mol. The molecule has 0 saturated heterocycles. The van der Waals surface area contributed by atoms with Gasteiger partial charge in [-0.25, -0.2) is 0 Å². The molecule has 0 fully saturated rings. The Morgan fingerprint density at radius 1 is 1.26 bits per heavy atom. The number of benzene rings is 1. The number of aromatic nitrogens is 1. The number of nitrogens with zero attached hydrogens (tertiary/aromatic N) is 1. The Hall–Kier alpha value is -1.76. The molecular formula is C12H11F3N2OS. The Kier molecular flexibility index (Phi) is 3.94. The Morgan fingerprint density at radius 3 is 2.47 bits per heavy atom. The lowest BCUT2D eigenvalue weighted by atomic mass is 10.2. The number of halogens is 3. The largest absolute Gasteiger partial charge is 0.573 e. The number of hydrogen-bond acceptors (Lipinski definition) is 4. The number of nitrogens with one attached hydrogen (secondary N) is 1. The summed E-state index contributed by atoms with van der Waals surface area (Å²) in [7, 11) is 0. The third kappa shape index (κ3) is 4.13. The summed E-state index contributed by atoms with van der Waals surface area (Å²) in [5, 5.41) is 3.17. The van der Waals surface area contributed by atoms with Crippen molar-refractivity contribution in [3.63, 3.8) is 0 Å². The van der Waals surface area contributed by atoms with Gasteiger partial charge in [0.2, 0.25) is 0 Å². The van der Waals surface area contributed by atoms with Crippen molar-refractivity contribution in [3.05, 3.63) is 40.8 Å². The molecule has 0 amide bonds. The molecule has 0 saturated carbocycles. The summed E-state index contributed by atoms with van der Waals surface area (Å²) < 4.78 is 39.8. The van der Waals surface area contributed by atoms with Crippen molar-refractivity contribution in [2.45, 2.75) is 19.3 Å². The normalized spacial score (nSPS) is 13.1. The molecule has 0 spiro atoms. The van der Waals surface area contributed by atoms with Gasteiger partial charge in [-0.15, -0.1) is 24.5 Å². The molecule has 1 N–H and O–H groups in total. The van der Waals surface area contributed by atoms with Gasteiger partial charge in [0.1, 0.15) is 5.75 Å². The molecule has 2 rings (SSSR count). The van der Waals surface area contributed by atoms with E-state index < -0.39 is 6.36 Å². The highest BCUT2D eigenvalue weighted by atomic mass is 32.1. The molecule has 1 heterocycles. The monoisotopic (exact) mass is 288 g/mol. The Morgan fingerprint density at radius 2 is 1.95 bits per heavy atom. The highest BCUT2D eigenvalue weighted by Crippen LogP contribution is 2.26. The summed E-state index contributed by atoms with van der Waals surface area (Å²) in [6, 6.07) is 5.67. The molecule has 1 unspecified atom stereocenters. The first kappa shape index (κ1) is 13.7. The molecule has 0 aliphatic carbocycles. The van der Waals surface area contributed by atoms with Gasteiger partial charge in [-0.2, -0.15) is 0 Å². The molecule has 0 radical (unpaired) electrons. The lowest BCUT2D eigenvalue weighted by molar-refractivity contribution is -0.274. The minimum Gasteiger partial charge on any atom is -0.406 e. The maximum Gasteiger partial charge on any atom is 0.573 e. The number of hydrogen-bond donors (Lipinski definition) is 1. The Labute approximate surface area is 112 Å². The third-order valence-corrected chi connectivity index (χ3v) is 3.31. The van der Waals surface area contributed by atoms with Crippen LogP contribution in [0, 0.1) is 0 Å². The van der Waals surface area contributed by atoms with Crippen molar-refractivity contribution in [2.75, 3.05) is 5.32 Å². The molecule has 3 nitrogen and oxygen atoms in total. The molecule has 2 aromatic rings.